The quantitative estimate of drug-likeness (QED) is 0.812. The molecule has 1 fully saturated rings. The molecule has 0 radical (unpaired) electrons. The van der Waals surface area contributed by atoms with E-state index in [-0.39, 0.29) is 22.7 Å². The predicted octanol–water partition coefficient (Wildman–Crippen LogP) is 1.16. The smallest absolute Gasteiger partial charge is 0.349 e. The summed E-state index contributed by atoms with van der Waals surface area (Å²) in [5.41, 5.74) is 0. The highest BCUT2D eigenvalue weighted by Crippen LogP contribution is 2.31. The molecule has 2 rings (SSSR count). The van der Waals surface area contributed by atoms with Crippen molar-refractivity contribution in [1.82, 2.24) is 4.31 Å². The van der Waals surface area contributed by atoms with Crippen LogP contribution >= 0.6 is 11.3 Å². The molecule has 21 heavy (non-hydrogen) atoms. The third-order valence-electron chi connectivity index (χ3n) is 3.32. The van der Waals surface area contributed by atoms with Gasteiger partial charge in [0.2, 0.25) is 10.0 Å². The SMILES string of the molecule is COC(=O)c1sccc1S(=O)(=O)N1CCCC1CC(=O)O. The van der Waals surface area contributed by atoms with Crippen molar-refractivity contribution in [2.45, 2.75) is 30.2 Å². The van der Waals surface area contributed by atoms with E-state index in [9.17, 15) is 18.0 Å². The van der Waals surface area contributed by atoms with Gasteiger partial charge >= 0.3 is 11.9 Å². The molecule has 0 amide bonds. The van der Waals surface area contributed by atoms with Crippen molar-refractivity contribution in [2.75, 3.05) is 13.7 Å². The van der Waals surface area contributed by atoms with Crippen LogP contribution in [-0.2, 0) is 19.6 Å². The molecular weight excluding hydrogens is 318 g/mol. The average molecular weight is 333 g/mol. The molecule has 0 spiro atoms. The fourth-order valence-corrected chi connectivity index (χ4v) is 5.40. The molecule has 1 N–H and O–H groups in total. The van der Waals surface area contributed by atoms with Gasteiger partial charge in [-0.25, -0.2) is 13.2 Å². The van der Waals surface area contributed by atoms with E-state index >= 15 is 0 Å². The van der Waals surface area contributed by atoms with Gasteiger partial charge in [0, 0.05) is 12.6 Å². The molecule has 9 heteroatoms. The number of nitrogens with zero attached hydrogens (tertiary/aromatic N) is 1. The first kappa shape index (κ1) is 15.9. The normalized spacial score (nSPS) is 19.6. The lowest BCUT2D eigenvalue weighted by molar-refractivity contribution is -0.137. The molecule has 0 aromatic carbocycles. The molecule has 0 saturated carbocycles. The predicted molar refractivity (Wildman–Crippen MR) is 74.8 cm³/mol. The van der Waals surface area contributed by atoms with Crippen LogP contribution in [0.1, 0.15) is 28.9 Å². The standard InChI is InChI=1S/C12H15NO6S2/c1-19-12(16)11-9(4-6-20-11)21(17,18)13-5-2-3-8(13)7-10(14)15/h4,6,8H,2-3,5,7H2,1H3,(H,14,15). The molecule has 1 saturated heterocycles. The number of hydrogen-bond donors (Lipinski definition) is 1. The highest BCUT2D eigenvalue weighted by atomic mass is 32.2. The van der Waals surface area contributed by atoms with Gasteiger partial charge in [0.15, 0.2) is 0 Å². The number of aliphatic carboxylic acids is 1. The van der Waals surface area contributed by atoms with Gasteiger partial charge < -0.3 is 9.84 Å². The second kappa shape index (κ2) is 6.12. The van der Waals surface area contributed by atoms with Gasteiger partial charge in [-0.3, -0.25) is 4.79 Å². The van der Waals surface area contributed by atoms with Gasteiger partial charge in [-0.2, -0.15) is 4.31 Å². The van der Waals surface area contributed by atoms with Crippen molar-refractivity contribution in [3.8, 4) is 0 Å². The fourth-order valence-electron chi connectivity index (χ4n) is 2.40. The van der Waals surface area contributed by atoms with Crippen LogP contribution in [-0.4, -0.2) is 49.5 Å². The number of methoxy groups -OCH3 is 1. The molecule has 2 heterocycles. The zero-order valence-electron chi connectivity index (χ0n) is 11.3. The molecule has 116 valence electrons. The first-order valence-corrected chi connectivity index (χ1v) is 8.59. The summed E-state index contributed by atoms with van der Waals surface area (Å²) in [5, 5.41) is 10.4. The summed E-state index contributed by atoms with van der Waals surface area (Å²) in [6.07, 6.45) is 0.870. The summed E-state index contributed by atoms with van der Waals surface area (Å²) >= 11 is 0.986. The lowest BCUT2D eigenvalue weighted by atomic mass is 10.2. The zero-order chi connectivity index (χ0) is 15.6. The second-order valence-corrected chi connectivity index (χ2v) is 7.39. The van der Waals surface area contributed by atoms with Gasteiger partial charge in [-0.05, 0) is 24.3 Å². The summed E-state index contributed by atoms with van der Waals surface area (Å²) in [6, 6.07) is 0.778. The second-order valence-electron chi connectivity index (χ2n) is 4.62. The zero-order valence-corrected chi connectivity index (χ0v) is 12.9. The Morgan fingerprint density at radius 1 is 1.52 bits per heavy atom. The van der Waals surface area contributed by atoms with Crippen molar-refractivity contribution < 1.29 is 27.9 Å². The molecular formula is C12H15NO6S2. The third-order valence-corrected chi connectivity index (χ3v) is 6.34. The van der Waals surface area contributed by atoms with Crippen LogP contribution in [0, 0.1) is 0 Å². The maximum Gasteiger partial charge on any atom is 0.349 e. The number of carboxylic acid groups (broad SMARTS) is 1. The Hall–Kier alpha value is -1.45. The average Bonchev–Trinajstić information content (AvgIpc) is 3.05. The largest absolute Gasteiger partial charge is 0.481 e. The van der Waals surface area contributed by atoms with Crippen molar-refractivity contribution in [1.29, 1.82) is 0 Å². The molecule has 1 aliphatic heterocycles. The van der Waals surface area contributed by atoms with Gasteiger partial charge in [-0.15, -0.1) is 11.3 Å². The van der Waals surface area contributed by atoms with Crippen LogP contribution in [0.15, 0.2) is 16.3 Å². The number of sulfonamides is 1. The Bertz CT molecular complexity index is 650. The maximum absolute atomic E-state index is 12.7. The van der Waals surface area contributed by atoms with E-state index in [1.54, 1.807) is 0 Å². The van der Waals surface area contributed by atoms with E-state index in [4.69, 9.17) is 5.11 Å². The first-order chi connectivity index (χ1) is 9.87. The van der Waals surface area contributed by atoms with Gasteiger partial charge in [0.25, 0.3) is 0 Å². The Morgan fingerprint density at radius 2 is 2.24 bits per heavy atom. The Balaban J connectivity index is 2.36. The van der Waals surface area contributed by atoms with E-state index in [1.807, 2.05) is 0 Å². The number of esters is 1. The van der Waals surface area contributed by atoms with Crippen molar-refractivity contribution in [3.63, 3.8) is 0 Å². The molecule has 1 unspecified atom stereocenters. The summed E-state index contributed by atoms with van der Waals surface area (Å²) < 4.78 is 31.1. The number of thiophene rings is 1. The number of carbonyl (C=O) groups excluding carboxylic acids is 1. The molecule has 1 atom stereocenters. The minimum atomic E-state index is -3.90. The van der Waals surface area contributed by atoms with Crippen LogP contribution in [0.3, 0.4) is 0 Å². The van der Waals surface area contributed by atoms with Gasteiger partial charge in [0.05, 0.1) is 13.5 Å². The Kier molecular flexibility index (Phi) is 4.64. The maximum atomic E-state index is 12.7. The van der Waals surface area contributed by atoms with Crippen molar-refractivity contribution >= 4 is 33.3 Å². The summed E-state index contributed by atoms with van der Waals surface area (Å²) in [5.74, 6) is -1.75. The molecule has 0 bridgehead atoms. The fraction of sp³-hybridized carbons (Fsp3) is 0.500. The number of hydrogen-bond acceptors (Lipinski definition) is 6. The van der Waals surface area contributed by atoms with Crippen LogP contribution < -0.4 is 0 Å². The topological polar surface area (TPSA) is 101 Å². The third kappa shape index (κ3) is 3.09. The van der Waals surface area contributed by atoms with Gasteiger partial charge in [-0.1, -0.05) is 0 Å². The highest BCUT2D eigenvalue weighted by molar-refractivity contribution is 7.89. The van der Waals surface area contributed by atoms with E-state index in [2.05, 4.69) is 4.74 Å². The number of rotatable bonds is 5. The lowest BCUT2D eigenvalue weighted by Crippen LogP contribution is -2.37. The molecule has 1 aromatic heterocycles. The molecule has 1 aromatic rings. The Morgan fingerprint density at radius 3 is 2.86 bits per heavy atom. The molecule has 1 aliphatic rings. The number of carboxylic acids is 1. The summed E-state index contributed by atoms with van der Waals surface area (Å²) in [4.78, 5) is 22.4. The first-order valence-electron chi connectivity index (χ1n) is 6.27. The van der Waals surface area contributed by atoms with E-state index in [0.29, 0.717) is 12.8 Å². The van der Waals surface area contributed by atoms with Gasteiger partial charge in [0.1, 0.15) is 9.77 Å². The van der Waals surface area contributed by atoms with Crippen LogP contribution in [0.5, 0.6) is 0 Å². The minimum absolute atomic E-state index is 0.0125. The van der Waals surface area contributed by atoms with E-state index in [0.717, 1.165) is 11.3 Å². The van der Waals surface area contributed by atoms with Crippen molar-refractivity contribution in [3.05, 3.63) is 16.3 Å². The van der Waals surface area contributed by atoms with Crippen LogP contribution in [0.25, 0.3) is 0 Å². The lowest BCUT2D eigenvalue weighted by Gasteiger charge is -2.22. The molecule has 7 nitrogen and oxygen atoms in total. The Labute approximate surface area is 126 Å². The van der Waals surface area contributed by atoms with Crippen LogP contribution in [0.4, 0.5) is 0 Å². The molecule has 0 aliphatic carbocycles. The van der Waals surface area contributed by atoms with E-state index < -0.39 is 28.0 Å². The highest BCUT2D eigenvalue weighted by Gasteiger charge is 2.38. The summed E-state index contributed by atoms with van der Waals surface area (Å²) in [6.45, 7) is 0.261. The monoisotopic (exact) mass is 333 g/mol. The number of carbonyl (C=O) groups is 2. The van der Waals surface area contributed by atoms with Crippen LogP contribution in [0.2, 0.25) is 0 Å². The van der Waals surface area contributed by atoms with Crippen molar-refractivity contribution in [2.24, 2.45) is 0 Å². The minimum Gasteiger partial charge on any atom is -0.481 e. The van der Waals surface area contributed by atoms with E-state index in [1.165, 1.54) is 22.9 Å². The summed E-state index contributed by atoms with van der Waals surface area (Å²) in [7, 11) is -2.71. The number of ether oxygens (including phenoxy) is 1.